The smallest absolute Gasteiger partial charge is 0.255 e. The lowest BCUT2D eigenvalue weighted by Crippen LogP contribution is -2.44. The highest BCUT2D eigenvalue weighted by Crippen LogP contribution is 2.32. The van der Waals surface area contributed by atoms with Crippen LogP contribution in [0.3, 0.4) is 0 Å². The summed E-state index contributed by atoms with van der Waals surface area (Å²) in [6.07, 6.45) is 4.66. The quantitative estimate of drug-likeness (QED) is 0.295. The van der Waals surface area contributed by atoms with Gasteiger partial charge >= 0.3 is 0 Å². The van der Waals surface area contributed by atoms with Gasteiger partial charge in [0.05, 0.1) is 0 Å². The first kappa shape index (κ1) is 24.0. The first-order valence-corrected chi connectivity index (χ1v) is 10.2. The highest BCUT2D eigenvalue weighted by molar-refractivity contribution is 14.0. The number of primary amides is 1. The van der Waals surface area contributed by atoms with Crippen LogP contribution in [0.5, 0.6) is 5.75 Å². The van der Waals surface area contributed by atoms with E-state index in [-0.39, 0.29) is 30.6 Å². The third kappa shape index (κ3) is 7.51. The van der Waals surface area contributed by atoms with E-state index in [1.165, 1.54) is 18.4 Å². The first-order valence-electron chi connectivity index (χ1n) is 10.2. The summed E-state index contributed by atoms with van der Waals surface area (Å²) in [5.74, 6) is 1.61. The van der Waals surface area contributed by atoms with Crippen molar-refractivity contribution >= 4 is 35.8 Å². The Balaban J connectivity index is 0.00000320. The third-order valence-electron chi connectivity index (χ3n) is 5.30. The van der Waals surface area contributed by atoms with Crippen LogP contribution in [0.4, 0.5) is 0 Å². The average molecular weight is 522 g/mol. The molecule has 6 nitrogen and oxygen atoms in total. The van der Waals surface area contributed by atoms with Crippen molar-refractivity contribution in [2.75, 3.05) is 13.7 Å². The van der Waals surface area contributed by atoms with Crippen LogP contribution in [0, 0.1) is 0 Å². The molecular weight excluding hydrogens is 491 g/mol. The lowest BCUT2D eigenvalue weighted by Gasteiger charge is -2.30. The fraction of sp³-hybridized carbons (Fsp3) is 0.391. The molecule has 4 N–H and O–H groups in total. The predicted octanol–water partition coefficient (Wildman–Crippen LogP) is 3.56. The van der Waals surface area contributed by atoms with Crippen LogP contribution in [0.1, 0.15) is 42.7 Å². The summed E-state index contributed by atoms with van der Waals surface area (Å²) in [7, 11) is 1.79. The van der Waals surface area contributed by atoms with Gasteiger partial charge in [-0.25, -0.2) is 0 Å². The van der Waals surface area contributed by atoms with Gasteiger partial charge in [0.1, 0.15) is 5.75 Å². The Kier molecular flexibility index (Phi) is 9.93. The van der Waals surface area contributed by atoms with Crippen molar-refractivity contribution in [3.05, 3.63) is 65.7 Å². The molecule has 1 fully saturated rings. The second-order valence-corrected chi connectivity index (χ2v) is 7.43. The zero-order valence-corrected chi connectivity index (χ0v) is 19.7. The number of benzene rings is 2. The van der Waals surface area contributed by atoms with E-state index >= 15 is 0 Å². The van der Waals surface area contributed by atoms with E-state index in [4.69, 9.17) is 10.5 Å². The Morgan fingerprint density at radius 2 is 1.83 bits per heavy atom. The van der Waals surface area contributed by atoms with Gasteiger partial charge in [0, 0.05) is 19.6 Å². The number of nitrogens with one attached hydrogen (secondary N) is 2. The second-order valence-electron chi connectivity index (χ2n) is 7.43. The van der Waals surface area contributed by atoms with Crippen molar-refractivity contribution in [2.24, 2.45) is 10.7 Å². The number of guanidine groups is 1. The molecular formula is C23H31IN4O2. The average Bonchev–Trinajstić information content (AvgIpc) is 2.76. The highest BCUT2D eigenvalue weighted by Gasteiger charge is 2.22. The first-order chi connectivity index (χ1) is 14.1. The largest absolute Gasteiger partial charge is 0.484 e. The summed E-state index contributed by atoms with van der Waals surface area (Å²) < 4.78 is 5.36. The molecule has 162 valence electrons. The van der Waals surface area contributed by atoms with E-state index in [1.54, 1.807) is 7.05 Å². The second kappa shape index (κ2) is 12.4. The van der Waals surface area contributed by atoms with Crippen LogP contribution < -0.4 is 21.1 Å². The van der Waals surface area contributed by atoms with Crippen molar-refractivity contribution in [2.45, 2.75) is 44.2 Å². The minimum Gasteiger partial charge on any atom is -0.484 e. The van der Waals surface area contributed by atoms with Gasteiger partial charge in [0.2, 0.25) is 0 Å². The molecule has 1 aliphatic rings. The molecule has 1 aliphatic carbocycles. The van der Waals surface area contributed by atoms with Crippen LogP contribution >= 0.6 is 24.0 Å². The molecule has 0 bridgehead atoms. The summed E-state index contributed by atoms with van der Waals surface area (Å²) in [4.78, 5) is 15.2. The topological polar surface area (TPSA) is 88.7 Å². The molecule has 0 radical (unpaired) electrons. The standard InChI is InChI=1S/C23H30N4O2.HI/c1-25-23(26-15-17-6-5-9-21(14-17)29-16-22(24)28)27-20-12-10-19(11-13-20)18-7-3-2-4-8-18;/h2-9,14,19-20H,10-13,15-16H2,1H3,(H2,24,28)(H2,25,26,27);1H. The number of ether oxygens (including phenoxy) is 1. The number of hydrogen-bond donors (Lipinski definition) is 3. The summed E-state index contributed by atoms with van der Waals surface area (Å²) >= 11 is 0. The van der Waals surface area contributed by atoms with E-state index in [1.807, 2.05) is 24.3 Å². The van der Waals surface area contributed by atoms with Gasteiger partial charge in [-0.2, -0.15) is 0 Å². The van der Waals surface area contributed by atoms with Crippen molar-refractivity contribution in [3.63, 3.8) is 0 Å². The summed E-state index contributed by atoms with van der Waals surface area (Å²) in [5.41, 5.74) is 7.62. The molecule has 0 heterocycles. The molecule has 7 heteroatoms. The van der Waals surface area contributed by atoms with E-state index in [0.29, 0.717) is 24.3 Å². The molecule has 3 rings (SSSR count). The molecule has 2 aromatic rings. The lowest BCUT2D eigenvalue weighted by molar-refractivity contribution is -0.119. The molecule has 0 saturated heterocycles. The number of nitrogens with two attached hydrogens (primary N) is 1. The Hall–Kier alpha value is -2.29. The molecule has 1 amide bonds. The SMILES string of the molecule is CN=C(NCc1cccc(OCC(N)=O)c1)NC1CCC(c2ccccc2)CC1.I. The van der Waals surface area contributed by atoms with Crippen LogP contribution in [-0.4, -0.2) is 31.6 Å². The number of carbonyl (C=O) groups is 1. The van der Waals surface area contributed by atoms with Gasteiger partial charge < -0.3 is 21.1 Å². The van der Waals surface area contributed by atoms with E-state index in [9.17, 15) is 4.79 Å². The molecule has 1 saturated carbocycles. The minimum absolute atomic E-state index is 0. The normalized spacial score (nSPS) is 18.8. The monoisotopic (exact) mass is 522 g/mol. The maximum absolute atomic E-state index is 10.9. The summed E-state index contributed by atoms with van der Waals surface area (Å²) in [5, 5.41) is 6.91. The van der Waals surface area contributed by atoms with Crippen LogP contribution in [0.25, 0.3) is 0 Å². The Bertz CT molecular complexity index is 821. The fourth-order valence-corrected chi connectivity index (χ4v) is 3.77. The van der Waals surface area contributed by atoms with Crippen molar-refractivity contribution < 1.29 is 9.53 Å². The summed E-state index contributed by atoms with van der Waals surface area (Å²) in [6.45, 7) is 0.499. The molecule has 0 unspecified atom stereocenters. The number of amides is 1. The number of carbonyl (C=O) groups excluding carboxylic acids is 1. The van der Waals surface area contributed by atoms with Gasteiger partial charge in [-0.05, 0) is 54.9 Å². The molecule has 0 atom stereocenters. The van der Waals surface area contributed by atoms with Crippen molar-refractivity contribution in [1.82, 2.24) is 10.6 Å². The Morgan fingerprint density at radius 1 is 1.10 bits per heavy atom. The third-order valence-corrected chi connectivity index (χ3v) is 5.30. The van der Waals surface area contributed by atoms with Gasteiger partial charge in [0.25, 0.3) is 5.91 Å². The molecule has 30 heavy (non-hydrogen) atoms. The van der Waals surface area contributed by atoms with Gasteiger partial charge in [0.15, 0.2) is 12.6 Å². The van der Waals surface area contributed by atoms with E-state index in [0.717, 1.165) is 24.4 Å². The Morgan fingerprint density at radius 3 is 2.50 bits per heavy atom. The maximum Gasteiger partial charge on any atom is 0.255 e. The molecule has 2 aromatic carbocycles. The van der Waals surface area contributed by atoms with Gasteiger partial charge in [-0.3, -0.25) is 9.79 Å². The highest BCUT2D eigenvalue weighted by atomic mass is 127. The summed E-state index contributed by atoms with van der Waals surface area (Å²) in [6, 6.07) is 18.8. The van der Waals surface area contributed by atoms with Crippen molar-refractivity contribution in [1.29, 1.82) is 0 Å². The minimum atomic E-state index is -0.486. The van der Waals surface area contributed by atoms with Crippen LogP contribution in [-0.2, 0) is 11.3 Å². The number of hydrogen-bond acceptors (Lipinski definition) is 3. The maximum atomic E-state index is 10.9. The molecule has 0 aliphatic heterocycles. The van der Waals surface area contributed by atoms with Crippen LogP contribution in [0.2, 0.25) is 0 Å². The zero-order valence-electron chi connectivity index (χ0n) is 17.3. The number of rotatable bonds is 7. The zero-order chi connectivity index (χ0) is 20.5. The van der Waals surface area contributed by atoms with Gasteiger partial charge in [-0.1, -0.05) is 42.5 Å². The number of aliphatic imine (C=N–C) groups is 1. The van der Waals surface area contributed by atoms with E-state index in [2.05, 4.69) is 46.0 Å². The fourth-order valence-electron chi connectivity index (χ4n) is 3.77. The molecule has 0 aromatic heterocycles. The van der Waals surface area contributed by atoms with Crippen LogP contribution in [0.15, 0.2) is 59.6 Å². The number of nitrogens with zero attached hydrogens (tertiary/aromatic N) is 1. The van der Waals surface area contributed by atoms with Crippen molar-refractivity contribution in [3.8, 4) is 5.75 Å². The molecule has 0 spiro atoms. The lowest BCUT2D eigenvalue weighted by atomic mass is 9.82. The Labute approximate surface area is 195 Å². The van der Waals surface area contributed by atoms with E-state index < -0.39 is 5.91 Å². The predicted molar refractivity (Wildman–Crippen MR) is 131 cm³/mol. The number of halogens is 1. The van der Waals surface area contributed by atoms with Gasteiger partial charge in [-0.15, -0.1) is 24.0 Å².